The van der Waals surface area contributed by atoms with Crippen LogP contribution in [-0.2, 0) is 9.53 Å². The van der Waals surface area contributed by atoms with E-state index in [1.807, 2.05) is 0 Å². The number of rotatable bonds is 6. The molecule has 1 N–H and O–H groups in total. The van der Waals surface area contributed by atoms with E-state index in [0.29, 0.717) is 31.5 Å². The quantitative estimate of drug-likeness (QED) is 0.363. The van der Waals surface area contributed by atoms with Crippen LogP contribution in [0.15, 0.2) is 42.7 Å². The molecule has 2 amide bonds. The third-order valence-electron chi connectivity index (χ3n) is 5.09. The fourth-order valence-electron chi connectivity index (χ4n) is 3.40. The lowest BCUT2D eigenvalue weighted by Crippen LogP contribution is -2.47. The Morgan fingerprint density at radius 3 is 2.57 bits per heavy atom. The number of carbonyl (C=O) groups is 2. The van der Waals surface area contributed by atoms with Gasteiger partial charge in [-0.2, -0.15) is 0 Å². The van der Waals surface area contributed by atoms with E-state index in [-0.39, 0.29) is 29.1 Å². The molecule has 0 unspecified atom stereocenters. The van der Waals surface area contributed by atoms with Crippen LogP contribution in [0, 0.1) is 15.9 Å². The number of nitro benzene ring substituents is 1. The third-order valence-corrected chi connectivity index (χ3v) is 5.09. The maximum absolute atomic E-state index is 14.2. The Kier molecular flexibility index (Phi) is 8.00. The number of nitro groups is 1. The number of nitrogens with one attached hydrogen (secondary N) is 1. The first kappa shape index (κ1) is 25.6. The zero-order chi connectivity index (χ0) is 25.6. The second-order valence-electron chi connectivity index (χ2n) is 8.97. The van der Waals surface area contributed by atoms with Crippen molar-refractivity contribution >= 4 is 23.8 Å². The van der Waals surface area contributed by atoms with Crippen molar-refractivity contribution in [3.63, 3.8) is 0 Å². The molecule has 0 aliphatic carbocycles. The summed E-state index contributed by atoms with van der Waals surface area (Å²) in [6.07, 6.45) is 6.51. The van der Waals surface area contributed by atoms with Crippen molar-refractivity contribution in [2.75, 3.05) is 13.1 Å². The molecule has 0 bridgehead atoms. The van der Waals surface area contributed by atoms with Crippen LogP contribution in [0.25, 0.3) is 6.08 Å². The summed E-state index contributed by atoms with van der Waals surface area (Å²) in [5.74, 6) is -1.07. The Hall–Kier alpha value is -4.02. The van der Waals surface area contributed by atoms with Gasteiger partial charge in [0, 0.05) is 49.2 Å². The number of amides is 2. The molecule has 35 heavy (non-hydrogen) atoms. The highest BCUT2D eigenvalue weighted by atomic mass is 19.1. The van der Waals surface area contributed by atoms with Crippen molar-refractivity contribution in [3.8, 4) is 11.5 Å². The minimum atomic E-state index is -0.884. The van der Waals surface area contributed by atoms with Crippen molar-refractivity contribution in [2.24, 2.45) is 0 Å². The zero-order valence-electron chi connectivity index (χ0n) is 19.7. The fraction of sp³-hybridized carbons (Fsp3) is 0.375. The predicted octanol–water partition coefficient (Wildman–Crippen LogP) is 4.45. The second kappa shape index (κ2) is 10.9. The van der Waals surface area contributed by atoms with Gasteiger partial charge in [0.05, 0.1) is 11.0 Å². The SMILES string of the molecule is CC(C)(C)OC(=O)NC1CCN(C(=O)/C=C/c2cnccc2Oc2ccc([N+](=O)[O-])cc2F)CC1. The average Bonchev–Trinajstić information content (AvgIpc) is 2.78. The van der Waals surface area contributed by atoms with Crippen LogP contribution in [0.1, 0.15) is 39.2 Å². The molecule has 1 aliphatic heterocycles. The molecule has 0 radical (unpaired) electrons. The van der Waals surface area contributed by atoms with Gasteiger partial charge in [0.2, 0.25) is 5.91 Å². The number of benzene rings is 1. The first-order valence-electron chi connectivity index (χ1n) is 11.0. The summed E-state index contributed by atoms with van der Waals surface area (Å²) >= 11 is 0. The maximum Gasteiger partial charge on any atom is 0.407 e. The topological polar surface area (TPSA) is 124 Å². The van der Waals surface area contributed by atoms with Gasteiger partial charge >= 0.3 is 6.09 Å². The molecular weight excluding hydrogens is 459 g/mol. The van der Waals surface area contributed by atoms with Crippen LogP contribution in [0.4, 0.5) is 14.9 Å². The van der Waals surface area contributed by atoms with Crippen LogP contribution in [0.5, 0.6) is 11.5 Å². The summed E-state index contributed by atoms with van der Waals surface area (Å²) in [4.78, 5) is 40.4. The van der Waals surface area contributed by atoms with Gasteiger partial charge in [0.25, 0.3) is 5.69 Å². The van der Waals surface area contributed by atoms with E-state index in [9.17, 15) is 24.1 Å². The molecule has 0 atom stereocenters. The highest BCUT2D eigenvalue weighted by Crippen LogP contribution is 2.30. The van der Waals surface area contributed by atoms with Crippen LogP contribution in [0.3, 0.4) is 0 Å². The molecule has 10 nitrogen and oxygen atoms in total. The molecule has 186 valence electrons. The molecule has 1 aromatic carbocycles. The number of carbonyl (C=O) groups excluding carboxylic acids is 2. The molecule has 1 aromatic heterocycles. The number of hydrogen-bond acceptors (Lipinski definition) is 7. The van der Waals surface area contributed by atoms with Crippen molar-refractivity contribution in [2.45, 2.75) is 45.3 Å². The van der Waals surface area contributed by atoms with Crippen LogP contribution >= 0.6 is 0 Å². The fourth-order valence-corrected chi connectivity index (χ4v) is 3.40. The third kappa shape index (κ3) is 7.49. The molecule has 1 saturated heterocycles. The number of alkyl carbamates (subject to hydrolysis) is 1. The number of halogens is 1. The van der Waals surface area contributed by atoms with E-state index in [1.165, 1.54) is 36.7 Å². The second-order valence-corrected chi connectivity index (χ2v) is 8.97. The Bertz CT molecular complexity index is 1120. The zero-order valence-corrected chi connectivity index (χ0v) is 19.7. The van der Waals surface area contributed by atoms with Crippen LogP contribution < -0.4 is 10.1 Å². The Balaban J connectivity index is 1.59. The summed E-state index contributed by atoms with van der Waals surface area (Å²) in [6.45, 7) is 6.31. The molecule has 2 aromatic rings. The van der Waals surface area contributed by atoms with Crippen molar-refractivity contribution in [1.82, 2.24) is 15.2 Å². The number of likely N-dealkylation sites (tertiary alicyclic amines) is 1. The van der Waals surface area contributed by atoms with Gasteiger partial charge in [-0.15, -0.1) is 0 Å². The number of nitrogens with zero attached hydrogens (tertiary/aromatic N) is 3. The number of aromatic nitrogens is 1. The highest BCUT2D eigenvalue weighted by Gasteiger charge is 2.25. The lowest BCUT2D eigenvalue weighted by atomic mass is 10.1. The minimum Gasteiger partial charge on any atom is -0.454 e. The van der Waals surface area contributed by atoms with Crippen molar-refractivity contribution in [3.05, 3.63) is 64.2 Å². The highest BCUT2D eigenvalue weighted by molar-refractivity contribution is 5.92. The van der Waals surface area contributed by atoms with E-state index >= 15 is 0 Å². The minimum absolute atomic E-state index is 0.0761. The molecule has 0 spiro atoms. The average molecular weight is 487 g/mol. The van der Waals surface area contributed by atoms with E-state index in [4.69, 9.17) is 9.47 Å². The molecule has 1 aliphatic rings. The van der Waals surface area contributed by atoms with Crippen LogP contribution in [0.2, 0.25) is 0 Å². The van der Waals surface area contributed by atoms with Gasteiger partial charge in [-0.1, -0.05) is 0 Å². The van der Waals surface area contributed by atoms with Crippen molar-refractivity contribution in [1.29, 1.82) is 0 Å². The largest absolute Gasteiger partial charge is 0.454 e. The van der Waals surface area contributed by atoms with E-state index in [2.05, 4.69) is 10.3 Å². The van der Waals surface area contributed by atoms with Gasteiger partial charge in [-0.05, 0) is 51.8 Å². The number of non-ortho nitro benzene ring substituents is 1. The molecule has 3 rings (SSSR count). The van der Waals surface area contributed by atoms with Gasteiger partial charge in [0.1, 0.15) is 11.4 Å². The summed E-state index contributed by atoms with van der Waals surface area (Å²) < 4.78 is 25.1. The lowest BCUT2D eigenvalue weighted by Gasteiger charge is -2.32. The maximum atomic E-state index is 14.2. The van der Waals surface area contributed by atoms with E-state index in [0.717, 1.165) is 12.1 Å². The number of pyridine rings is 1. The summed E-state index contributed by atoms with van der Waals surface area (Å²) in [6, 6.07) is 4.50. The van der Waals surface area contributed by atoms with Crippen molar-refractivity contribution < 1.29 is 28.4 Å². The summed E-state index contributed by atoms with van der Waals surface area (Å²) in [5, 5.41) is 13.6. The number of piperidine rings is 1. The monoisotopic (exact) mass is 486 g/mol. The van der Waals surface area contributed by atoms with Gasteiger partial charge in [0.15, 0.2) is 11.6 Å². The van der Waals surface area contributed by atoms with E-state index < -0.39 is 22.4 Å². The standard InChI is InChI=1S/C24H27FN4O6/c1-24(2,3)35-23(31)27-17-9-12-28(13-10-17)22(30)7-4-16-15-26-11-8-20(16)34-21-6-5-18(29(32)33)14-19(21)25/h4-8,11,14-15,17H,9-10,12-13H2,1-3H3,(H,27,31)/b7-4+. The normalized spacial score (nSPS) is 14.6. The van der Waals surface area contributed by atoms with Crippen LogP contribution in [-0.4, -0.2) is 51.5 Å². The lowest BCUT2D eigenvalue weighted by molar-refractivity contribution is -0.385. The van der Waals surface area contributed by atoms with Gasteiger partial charge in [-0.25, -0.2) is 9.18 Å². The summed E-state index contributed by atoms with van der Waals surface area (Å²) in [7, 11) is 0. The van der Waals surface area contributed by atoms with E-state index in [1.54, 1.807) is 25.7 Å². The Morgan fingerprint density at radius 1 is 1.23 bits per heavy atom. The molecule has 0 saturated carbocycles. The molecular formula is C24H27FN4O6. The van der Waals surface area contributed by atoms with Gasteiger partial charge in [-0.3, -0.25) is 19.9 Å². The predicted molar refractivity (Wildman–Crippen MR) is 125 cm³/mol. The smallest absolute Gasteiger partial charge is 0.407 e. The first-order valence-corrected chi connectivity index (χ1v) is 11.0. The Labute approximate surface area is 201 Å². The molecule has 1 fully saturated rings. The Morgan fingerprint density at radius 2 is 1.94 bits per heavy atom. The molecule has 2 heterocycles. The number of ether oxygens (including phenoxy) is 2. The first-order chi connectivity index (χ1) is 16.5. The number of hydrogen-bond donors (Lipinski definition) is 1. The van der Waals surface area contributed by atoms with Gasteiger partial charge < -0.3 is 19.7 Å². The summed E-state index contributed by atoms with van der Waals surface area (Å²) in [5.41, 5.74) is -0.537. The molecule has 11 heteroatoms.